The first-order valence-electron chi connectivity index (χ1n) is 9.15. The third-order valence-corrected chi connectivity index (χ3v) is 5.06. The number of ether oxygens (including phenoxy) is 2. The van der Waals surface area contributed by atoms with Gasteiger partial charge in [-0.1, -0.05) is 19.9 Å². The first-order valence-corrected chi connectivity index (χ1v) is 9.15. The maximum absolute atomic E-state index is 5.46. The topological polar surface area (TPSA) is 49.3 Å². The SMILES string of the molecule is CN=C(NCC(c1ccc(OC)c(OC)c1)N(C)C)N1CCC(C)(C)C1. The van der Waals surface area contributed by atoms with Gasteiger partial charge in [-0.15, -0.1) is 0 Å². The molecule has 1 atom stereocenters. The summed E-state index contributed by atoms with van der Waals surface area (Å²) in [6, 6.07) is 6.30. The molecule has 1 saturated heterocycles. The average molecular weight is 363 g/mol. The van der Waals surface area contributed by atoms with Gasteiger partial charge in [0.25, 0.3) is 0 Å². The molecule has 1 aromatic rings. The first kappa shape index (κ1) is 20.4. The lowest BCUT2D eigenvalue weighted by Crippen LogP contribution is -2.44. The van der Waals surface area contributed by atoms with Crippen molar-refractivity contribution in [1.29, 1.82) is 0 Å². The van der Waals surface area contributed by atoms with E-state index in [0.717, 1.165) is 37.1 Å². The molecule has 0 bridgehead atoms. The molecule has 146 valence electrons. The summed E-state index contributed by atoms with van der Waals surface area (Å²) in [5, 5.41) is 3.56. The van der Waals surface area contributed by atoms with Gasteiger partial charge < -0.3 is 24.6 Å². The fourth-order valence-electron chi connectivity index (χ4n) is 3.47. The third-order valence-electron chi connectivity index (χ3n) is 5.06. The Balaban J connectivity index is 2.11. The van der Waals surface area contributed by atoms with Crippen LogP contribution in [0.25, 0.3) is 0 Å². The van der Waals surface area contributed by atoms with E-state index in [2.05, 4.69) is 54.1 Å². The molecule has 1 N–H and O–H groups in total. The molecule has 0 saturated carbocycles. The highest BCUT2D eigenvalue weighted by molar-refractivity contribution is 5.80. The summed E-state index contributed by atoms with van der Waals surface area (Å²) in [4.78, 5) is 9.04. The molecule has 6 heteroatoms. The fraction of sp³-hybridized carbons (Fsp3) is 0.650. The molecular weight excluding hydrogens is 328 g/mol. The van der Waals surface area contributed by atoms with Crippen LogP contribution in [0.1, 0.15) is 31.9 Å². The number of likely N-dealkylation sites (N-methyl/N-ethyl adjacent to an activating group) is 1. The van der Waals surface area contributed by atoms with Gasteiger partial charge in [0.1, 0.15) is 0 Å². The average Bonchev–Trinajstić information content (AvgIpc) is 2.97. The molecule has 1 aliphatic rings. The quantitative estimate of drug-likeness (QED) is 0.623. The van der Waals surface area contributed by atoms with Crippen LogP contribution in [0.5, 0.6) is 11.5 Å². The van der Waals surface area contributed by atoms with Crippen LogP contribution in [-0.2, 0) is 0 Å². The summed E-state index contributed by atoms with van der Waals surface area (Å²) < 4.78 is 10.8. The Morgan fingerprint density at radius 1 is 1.27 bits per heavy atom. The minimum Gasteiger partial charge on any atom is -0.493 e. The summed E-state index contributed by atoms with van der Waals surface area (Å²) in [5.74, 6) is 2.47. The normalized spacial score (nSPS) is 18.2. The number of benzene rings is 1. The van der Waals surface area contributed by atoms with Gasteiger partial charge in [0, 0.05) is 26.7 Å². The molecule has 0 radical (unpaired) electrons. The van der Waals surface area contributed by atoms with E-state index in [1.165, 1.54) is 12.0 Å². The zero-order valence-electron chi connectivity index (χ0n) is 17.3. The standard InChI is InChI=1S/C20H34N4O2/c1-20(2)10-11-24(14-20)19(21-3)22-13-16(23(4)5)15-8-9-17(25-6)18(12-15)26-7/h8-9,12,16H,10-11,13-14H2,1-7H3,(H,21,22). The van der Waals surface area contributed by atoms with Gasteiger partial charge in [-0.3, -0.25) is 4.99 Å². The van der Waals surface area contributed by atoms with Crippen molar-refractivity contribution in [3.63, 3.8) is 0 Å². The van der Waals surface area contributed by atoms with Gasteiger partial charge >= 0.3 is 0 Å². The molecule has 0 aromatic heterocycles. The Kier molecular flexibility index (Phi) is 6.75. The Morgan fingerprint density at radius 3 is 2.46 bits per heavy atom. The van der Waals surface area contributed by atoms with Crippen molar-refractivity contribution in [2.45, 2.75) is 26.3 Å². The predicted octanol–water partition coefficient (Wildman–Crippen LogP) is 2.61. The van der Waals surface area contributed by atoms with Crippen LogP contribution in [-0.4, -0.2) is 70.8 Å². The van der Waals surface area contributed by atoms with E-state index >= 15 is 0 Å². The molecule has 26 heavy (non-hydrogen) atoms. The number of hydrogen-bond acceptors (Lipinski definition) is 4. The molecule has 1 aromatic carbocycles. The molecule has 1 aliphatic heterocycles. The number of aliphatic imine (C=N–C) groups is 1. The minimum atomic E-state index is 0.196. The second-order valence-corrected chi connectivity index (χ2v) is 7.86. The third kappa shape index (κ3) is 4.81. The van der Waals surface area contributed by atoms with E-state index in [9.17, 15) is 0 Å². The largest absolute Gasteiger partial charge is 0.493 e. The van der Waals surface area contributed by atoms with Gasteiger partial charge in [-0.05, 0) is 43.6 Å². The van der Waals surface area contributed by atoms with Crippen molar-refractivity contribution < 1.29 is 9.47 Å². The number of rotatable bonds is 6. The molecule has 1 fully saturated rings. The highest BCUT2D eigenvalue weighted by Crippen LogP contribution is 2.31. The van der Waals surface area contributed by atoms with E-state index in [1.54, 1.807) is 14.2 Å². The van der Waals surface area contributed by atoms with Crippen molar-refractivity contribution in [1.82, 2.24) is 15.1 Å². The van der Waals surface area contributed by atoms with Crippen molar-refractivity contribution in [2.75, 3.05) is 55.0 Å². The Labute approximate surface area is 158 Å². The molecule has 0 amide bonds. The molecule has 0 spiro atoms. The van der Waals surface area contributed by atoms with Crippen LogP contribution in [0, 0.1) is 5.41 Å². The summed E-state index contributed by atoms with van der Waals surface area (Å²) >= 11 is 0. The van der Waals surface area contributed by atoms with Crippen molar-refractivity contribution in [3.8, 4) is 11.5 Å². The summed E-state index contributed by atoms with van der Waals surface area (Å²) in [7, 11) is 9.36. The number of hydrogen-bond donors (Lipinski definition) is 1. The summed E-state index contributed by atoms with van der Waals surface area (Å²) in [6.07, 6.45) is 1.19. The molecule has 2 rings (SSSR count). The first-order chi connectivity index (χ1) is 12.3. The smallest absolute Gasteiger partial charge is 0.193 e. The van der Waals surface area contributed by atoms with Crippen LogP contribution < -0.4 is 14.8 Å². The van der Waals surface area contributed by atoms with Crippen LogP contribution >= 0.6 is 0 Å². The molecule has 1 unspecified atom stereocenters. The fourth-order valence-corrected chi connectivity index (χ4v) is 3.47. The second-order valence-electron chi connectivity index (χ2n) is 7.86. The maximum Gasteiger partial charge on any atom is 0.193 e. The lowest BCUT2D eigenvalue weighted by atomic mass is 9.93. The Morgan fingerprint density at radius 2 is 1.96 bits per heavy atom. The highest BCUT2D eigenvalue weighted by Gasteiger charge is 2.31. The zero-order valence-corrected chi connectivity index (χ0v) is 17.3. The van der Waals surface area contributed by atoms with Crippen LogP contribution in [0.3, 0.4) is 0 Å². The highest BCUT2D eigenvalue weighted by atomic mass is 16.5. The lowest BCUT2D eigenvalue weighted by molar-refractivity contribution is 0.292. The van der Waals surface area contributed by atoms with Gasteiger partial charge in [0.15, 0.2) is 17.5 Å². The second kappa shape index (κ2) is 8.62. The van der Waals surface area contributed by atoms with Gasteiger partial charge in [0.05, 0.1) is 20.3 Å². The monoisotopic (exact) mass is 362 g/mol. The summed E-state index contributed by atoms with van der Waals surface area (Å²) in [6.45, 7) is 7.48. The van der Waals surface area contributed by atoms with E-state index in [0.29, 0.717) is 5.41 Å². The van der Waals surface area contributed by atoms with Gasteiger partial charge in [-0.25, -0.2) is 0 Å². The van der Waals surface area contributed by atoms with Gasteiger partial charge in [0.2, 0.25) is 0 Å². The van der Waals surface area contributed by atoms with E-state index in [-0.39, 0.29) is 6.04 Å². The van der Waals surface area contributed by atoms with Crippen molar-refractivity contribution >= 4 is 5.96 Å². The maximum atomic E-state index is 5.46. The Hall–Kier alpha value is -1.95. The van der Waals surface area contributed by atoms with E-state index < -0.39 is 0 Å². The van der Waals surface area contributed by atoms with Crippen molar-refractivity contribution in [3.05, 3.63) is 23.8 Å². The van der Waals surface area contributed by atoms with Gasteiger partial charge in [-0.2, -0.15) is 0 Å². The van der Waals surface area contributed by atoms with Crippen molar-refractivity contribution in [2.24, 2.45) is 10.4 Å². The van der Waals surface area contributed by atoms with Crippen LogP contribution in [0.4, 0.5) is 0 Å². The Bertz CT molecular complexity index is 628. The number of methoxy groups -OCH3 is 2. The molecule has 1 heterocycles. The summed E-state index contributed by atoms with van der Waals surface area (Å²) in [5.41, 5.74) is 1.53. The van der Waals surface area contributed by atoms with E-state index in [4.69, 9.17) is 9.47 Å². The zero-order chi connectivity index (χ0) is 19.3. The van der Waals surface area contributed by atoms with Crippen LogP contribution in [0.15, 0.2) is 23.2 Å². The van der Waals surface area contributed by atoms with E-state index in [1.807, 2.05) is 19.2 Å². The minimum absolute atomic E-state index is 0.196. The number of nitrogens with zero attached hydrogens (tertiary/aromatic N) is 3. The predicted molar refractivity (Wildman–Crippen MR) is 107 cm³/mol. The molecule has 6 nitrogen and oxygen atoms in total. The van der Waals surface area contributed by atoms with Crippen LogP contribution in [0.2, 0.25) is 0 Å². The number of likely N-dealkylation sites (tertiary alicyclic amines) is 1. The number of nitrogens with one attached hydrogen (secondary N) is 1. The number of guanidine groups is 1. The lowest BCUT2D eigenvalue weighted by Gasteiger charge is -2.29. The molecule has 0 aliphatic carbocycles. The molecular formula is C20H34N4O2.